The standard InChI is InChI=1S/C17H15N3O/c1-10-5-14(8-18)6-11(2)17(10)21-16-7-12(3)20-13(4)15(16)9-19/h5-7H,1-4H3. The monoisotopic (exact) mass is 277 g/mol. The molecule has 0 aliphatic carbocycles. The second-order valence-electron chi connectivity index (χ2n) is 4.99. The van der Waals surface area contributed by atoms with E-state index in [1.807, 2.05) is 20.8 Å². The summed E-state index contributed by atoms with van der Waals surface area (Å²) in [6.45, 7) is 7.42. The van der Waals surface area contributed by atoms with Gasteiger partial charge < -0.3 is 4.74 Å². The Hall–Kier alpha value is -2.85. The number of aryl methyl sites for hydroxylation is 4. The molecule has 1 aromatic heterocycles. The Balaban J connectivity index is 2.54. The van der Waals surface area contributed by atoms with Crippen molar-refractivity contribution < 1.29 is 4.74 Å². The van der Waals surface area contributed by atoms with Gasteiger partial charge in [-0.05, 0) is 51.0 Å². The van der Waals surface area contributed by atoms with E-state index < -0.39 is 0 Å². The Morgan fingerprint density at radius 2 is 1.57 bits per heavy atom. The van der Waals surface area contributed by atoms with E-state index in [4.69, 9.17) is 10.00 Å². The van der Waals surface area contributed by atoms with Gasteiger partial charge in [0.1, 0.15) is 23.1 Å². The summed E-state index contributed by atoms with van der Waals surface area (Å²) in [5.41, 5.74) is 4.20. The van der Waals surface area contributed by atoms with Gasteiger partial charge in [-0.1, -0.05) is 0 Å². The number of rotatable bonds is 2. The fourth-order valence-electron chi connectivity index (χ4n) is 2.30. The molecule has 4 nitrogen and oxygen atoms in total. The number of pyridine rings is 1. The molecule has 0 bridgehead atoms. The molecule has 0 spiro atoms. The van der Waals surface area contributed by atoms with Crippen LogP contribution in [0.5, 0.6) is 11.5 Å². The third kappa shape index (κ3) is 2.85. The highest BCUT2D eigenvalue weighted by molar-refractivity contribution is 5.53. The molecule has 104 valence electrons. The first-order valence-electron chi connectivity index (χ1n) is 6.53. The predicted octanol–water partition coefficient (Wildman–Crippen LogP) is 3.85. The Bertz CT molecular complexity index is 772. The topological polar surface area (TPSA) is 69.7 Å². The average Bonchev–Trinajstić information content (AvgIpc) is 2.42. The molecule has 0 fully saturated rings. The lowest BCUT2D eigenvalue weighted by molar-refractivity contribution is 0.471. The fourth-order valence-corrected chi connectivity index (χ4v) is 2.30. The van der Waals surface area contributed by atoms with Crippen molar-refractivity contribution in [1.29, 1.82) is 10.5 Å². The molecule has 2 aromatic rings. The van der Waals surface area contributed by atoms with Gasteiger partial charge in [0.15, 0.2) is 0 Å². The van der Waals surface area contributed by atoms with Crippen LogP contribution in [0.2, 0.25) is 0 Å². The number of nitriles is 2. The van der Waals surface area contributed by atoms with Crippen molar-refractivity contribution >= 4 is 0 Å². The zero-order valence-electron chi connectivity index (χ0n) is 12.5. The number of hydrogen-bond acceptors (Lipinski definition) is 4. The normalized spacial score (nSPS) is 9.81. The molecule has 0 radical (unpaired) electrons. The van der Waals surface area contributed by atoms with Gasteiger partial charge in [0.2, 0.25) is 0 Å². The lowest BCUT2D eigenvalue weighted by Gasteiger charge is -2.14. The van der Waals surface area contributed by atoms with Crippen molar-refractivity contribution in [3.8, 4) is 23.6 Å². The Labute approximate surface area is 124 Å². The number of ether oxygens (including phenoxy) is 1. The molecule has 4 heteroatoms. The summed E-state index contributed by atoms with van der Waals surface area (Å²) in [5, 5.41) is 18.3. The van der Waals surface area contributed by atoms with Crippen LogP contribution < -0.4 is 4.74 Å². The van der Waals surface area contributed by atoms with Crippen LogP contribution in [0.25, 0.3) is 0 Å². The van der Waals surface area contributed by atoms with Crippen LogP contribution in [0, 0.1) is 50.4 Å². The van der Waals surface area contributed by atoms with E-state index in [0.717, 1.165) is 16.8 Å². The summed E-state index contributed by atoms with van der Waals surface area (Å²) >= 11 is 0. The molecular weight excluding hydrogens is 262 g/mol. The van der Waals surface area contributed by atoms with Crippen LogP contribution >= 0.6 is 0 Å². The summed E-state index contributed by atoms with van der Waals surface area (Å²) in [4.78, 5) is 4.27. The van der Waals surface area contributed by atoms with E-state index in [0.29, 0.717) is 28.3 Å². The second-order valence-corrected chi connectivity index (χ2v) is 4.99. The Morgan fingerprint density at radius 3 is 2.10 bits per heavy atom. The average molecular weight is 277 g/mol. The van der Waals surface area contributed by atoms with Gasteiger partial charge in [-0.15, -0.1) is 0 Å². The number of nitrogens with zero attached hydrogens (tertiary/aromatic N) is 3. The molecule has 0 aliphatic rings. The molecule has 1 aromatic carbocycles. The van der Waals surface area contributed by atoms with Crippen LogP contribution in [0.15, 0.2) is 18.2 Å². The van der Waals surface area contributed by atoms with E-state index >= 15 is 0 Å². The maximum Gasteiger partial charge on any atom is 0.148 e. The summed E-state index contributed by atoms with van der Waals surface area (Å²) in [6.07, 6.45) is 0. The Morgan fingerprint density at radius 1 is 0.952 bits per heavy atom. The first-order chi connectivity index (χ1) is 9.96. The van der Waals surface area contributed by atoms with Gasteiger partial charge in [-0.2, -0.15) is 10.5 Å². The summed E-state index contributed by atoms with van der Waals surface area (Å²) in [6, 6.07) is 9.55. The zero-order chi connectivity index (χ0) is 15.6. The molecule has 2 rings (SSSR count). The molecule has 0 N–H and O–H groups in total. The highest BCUT2D eigenvalue weighted by Crippen LogP contribution is 2.32. The SMILES string of the molecule is Cc1cc(Oc2c(C)cc(C#N)cc2C)c(C#N)c(C)n1. The zero-order valence-corrected chi connectivity index (χ0v) is 12.5. The maximum absolute atomic E-state index is 9.28. The molecule has 0 saturated heterocycles. The minimum Gasteiger partial charge on any atom is -0.455 e. The highest BCUT2D eigenvalue weighted by Gasteiger charge is 2.13. The van der Waals surface area contributed by atoms with E-state index in [1.54, 1.807) is 25.1 Å². The van der Waals surface area contributed by atoms with Crippen molar-refractivity contribution in [2.45, 2.75) is 27.7 Å². The number of benzene rings is 1. The van der Waals surface area contributed by atoms with Gasteiger partial charge in [0, 0.05) is 11.8 Å². The largest absolute Gasteiger partial charge is 0.455 e. The van der Waals surface area contributed by atoms with Crippen molar-refractivity contribution in [2.24, 2.45) is 0 Å². The lowest BCUT2D eigenvalue weighted by atomic mass is 10.1. The molecule has 0 unspecified atom stereocenters. The molecule has 0 amide bonds. The number of aromatic nitrogens is 1. The second kappa shape index (κ2) is 5.64. The van der Waals surface area contributed by atoms with Crippen molar-refractivity contribution in [1.82, 2.24) is 4.98 Å². The van der Waals surface area contributed by atoms with Crippen LogP contribution in [0.1, 0.15) is 33.6 Å². The molecule has 1 heterocycles. The smallest absolute Gasteiger partial charge is 0.148 e. The fraction of sp³-hybridized carbons (Fsp3) is 0.235. The van der Waals surface area contributed by atoms with Gasteiger partial charge in [-0.3, -0.25) is 4.98 Å². The summed E-state index contributed by atoms with van der Waals surface area (Å²) in [7, 11) is 0. The van der Waals surface area contributed by atoms with Gasteiger partial charge in [0.05, 0.1) is 17.3 Å². The van der Waals surface area contributed by atoms with E-state index in [2.05, 4.69) is 17.1 Å². The first-order valence-corrected chi connectivity index (χ1v) is 6.53. The number of hydrogen-bond donors (Lipinski definition) is 0. The summed E-state index contributed by atoms with van der Waals surface area (Å²) in [5.74, 6) is 1.17. The third-order valence-electron chi connectivity index (χ3n) is 3.21. The predicted molar refractivity (Wildman–Crippen MR) is 79.1 cm³/mol. The van der Waals surface area contributed by atoms with Gasteiger partial charge >= 0.3 is 0 Å². The first kappa shape index (κ1) is 14.6. The van der Waals surface area contributed by atoms with E-state index in [9.17, 15) is 5.26 Å². The molecule has 0 atom stereocenters. The summed E-state index contributed by atoms with van der Waals surface area (Å²) < 4.78 is 5.95. The van der Waals surface area contributed by atoms with Crippen LogP contribution in [0.4, 0.5) is 0 Å². The van der Waals surface area contributed by atoms with Crippen molar-refractivity contribution in [3.63, 3.8) is 0 Å². The Kier molecular flexibility index (Phi) is 3.91. The molecule has 21 heavy (non-hydrogen) atoms. The third-order valence-corrected chi connectivity index (χ3v) is 3.21. The quantitative estimate of drug-likeness (QED) is 0.836. The lowest BCUT2D eigenvalue weighted by Crippen LogP contribution is -1.99. The van der Waals surface area contributed by atoms with Crippen molar-refractivity contribution in [2.75, 3.05) is 0 Å². The molecule has 0 saturated carbocycles. The minimum absolute atomic E-state index is 0.434. The highest BCUT2D eigenvalue weighted by atomic mass is 16.5. The van der Waals surface area contributed by atoms with Crippen molar-refractivity contribution in [3.05, 3.63) is 51.8 Å². The van der Waals surface area contributed by atoms with E-state index in [-0.39, 0.29) is 0 Å². The van der Waals surface area contributed by atoms with Crippen LogP contribution in [-0.2, 0) is 0 Å². The molecular formula is C17H15N3O. The van der Waals surface area contributed by atoms with Gasteiger partial charge in [-0.25, -0.2) is 0 Å². The van der Waals surface area contributed by atoms with Gasteiger partial charge in [0.25, 0.3) is 0 Å². The maximum atomic E-state index is 9.28. The van der Waals surface area contributed by atoms with Crippen LogP contribution in [-0.4, -0.2) is 4.98 Å². The van der Waals surface area contributed by atoms with E-state index in [1.165, 1.54) is 0 Å². The molecule has 0 aliphatic heterocycles. The van der Waals surface area contributed by atoms with Crippen LogP contribution in [0.3, 0.4) is 0 Å². The minimum atomic E-state index is 0.434.